The van der Waals surface area contributed by atoms with E-state index < -0.39 is 5.97 Å². The minimum Gasteiger partial charge on any atom is -0.481 e. The number of nitrogens with zero attached hydrogens (tertiary/aromatic N) is 1. The van der Waals surface area contributed by atoms with E-state index in [0.29, 0.717) is 31.6 Å². The summed E-state index contributed by atoms with van der Waals surface area (Å²) in [5.74, 6) is -0.906. The monoisotopic (exact) mass is 333 g/mol. The first-order valence-corrected chi connectivity index (χ1v) is 8.23. The highest BCUT2D eigenvalue weighted by molar-refractivity contribution is 5.96. The number of anilines is 1. The molecule has 3 amide bonds. The smallest absolute Gasteiger partial charge is 0.321 e. The van der Waals surface area contributed by atoms with Crippen LogP contribution in [0.15, 0.2) is 24.3 Å². The first kappa shape index (κ1) is 17.8. The van der Waals surface area contributed by atoms with Crippen LogP contribution in [-0.4, -0.2) is 42.6 Å². The fraction of sp³-hybridized carbons (Fsp3) is 0.471. The van der Waals surface area contributed by atoms with Gasteiger partial charge in [-0.15, -0.1) is 0 Å². The molecule has 1 saturated heterocycles. The van der Waals surface area contributed by atoms with Crippen LogP contribution in [0.5, 0.6) is 0 Å². The van der Waals surface area contributed by atoms with Crippen molar-refractivity contribution in [3.05, 3.63) is 29.8 Å². The van der Waals surface area contributed by atoms with Gasteiger partial charge in [-0.3, -0.25) is 14.5 Å². The van der Waals surface area contributed by atoms with Gasteiger partial charge < -0.3 is 15.7 Å². The highest BCUT2D eigenvalue weighted by Crippen LogP contribution is 2.17. The molecule has 130 valence electrons. The van der Waals surface area contributed by atoms with Crippen molar-refractivity contribution in [2.75, 3.05) is 24.5 Å². The average molecular weight is 333 g/mol. The number of benzene rings is 1. The molecule has 0 radical (unpaired) electrons. The van der Waals surface area contributed by atoms with Gasteiger partial charge in [0.1, 0.15) is 0 Å². The first-order valence-electron chi connectivity index (χ1n) is 8.23. The molecular weight excluding hydrogens is 310 g/mol. The Kier molecular flexibility index (Phi) is 6.60. The molecule has 7 nitrogen and oxygen atoms in total. The molecule has 2 rings (SSSR count). The van der Waals surface area contributed by atoms with Crippen LogP contribution in [0, 0.1) is 0 Å². The van der Waals surface area contributed by atoms with Gasteiger partial charge in [0.15, 0.2) is 0 Å². The summed E-state index contributed by atoms with van der Waals surface area (Å²) in [6.07, 6.45) is 3.46. The van der Waals surface area contributed by atoms with E-state index >= 15 is 0 Å². The lowest BCUT2D eigenvalue weighted by Crippen LogP contribution is -2.28. The molecule has 1 aromatic rings. The number of carbonyl (C=O) groups excluding carboxylic acids is 2. The topological polar surface area (TPSA) is 98.7 Å². The Hall–Kier alpha value is -2.57. The normalized spacial score (nSPS) is 13.7. The van der Waals surface area contributed by atoms with E-state index in [-0.39, 0.29) is 18.4 Å². The minimum atomic E-state index is -0.766. The summed E-state index contributed by atoms with van der Waals surface area (Å²) in [7, 11) is 0. The van der Waals surface area contributed by atoms with Crippen LogP contribution in [0.25, 0.3) is 0 Å². The third-order valence-corrected chi connectivity index (χ3v) is 3.90. The van der Waals surface area contributed by atoms with Crippen molar-refractivity contribution in [2.24, 2.45) is 0 Å². The molecule has 24 heavy (non-hydrogen) atoms. The average Bonchev–Trinajstić information content (AvgIpc) is 2.99. The van der Waals surface area contributed by atoms with Crippen molar-refractivity contribution in [1.29, 1.82) is 0 Å². The zero-order valence-corrected chi connectivity index (χ0v) is 13.6. The van der Waals surface area contributed by atoms with E-state index in [1.807, 2.05) is 0 Å². The summed E-state index contributed by atoms with van der Waals surface area (Å²) in [5.41, 5.74) is 1.34. The number of hydrogen-bond donors (Lipinski definition) is 3. The maximum atomic E-state index is 12.0. The quantitative estimate of drug-likeness (QED) is 0.602. The zero-order valence-electron chi connectivity index (χ0n) is 13.6. The number of rotatable bonds is 9. The minimum absolute atomic E-state index is 0.116. The van der Waals surface area contributed by atoms with Gasteiger partial charge in [0.05, 0.1) is 0 Å². The molecule has 1 heterocycles. The summed E-state index contributed by atoms with van der Waals surface area (Å²) in [5, 5.41) is 14.1. The molecule has 0 saturated carbocycles. The number of hydrogen-bond acceptors (Lipinski definition) is 3. The maximum absolute atomic E-state index is 12.0. The third-order valence-electron chi connectivity index (χ3n) is 3.90. The molecule has 0 atom stereocenters. The van der Waals surface area contributed by atoms with Crippen LogP contribution < -0.4 is 15.5 Å². The number of carbonyl (C=O) groups is 3. The van der Waals surface area contributed by atoms with E-state index in [2.05, 4.69) is 10.6 Å². The van der Waals surface area contributed by atoms with Gasteiger partial charge >= 0.3 is 12.0 Å². The van der Waals surface area contributed by atoms with Crippen LogP contribution >= 0.6 is 0 Å². The molecule has 0 aromatic heterocycles. The Bertz CT molecular complexity index is 586. The van der Waals surface area contributed by atoms with Crippen molar-refractivity contribution in [3.63, 3.8) is 0 Å². The summed E-state index contributed by atoms with van der Waals surface area (Å²) in [4.78, 5) is 35.6. The van der Waals surface area contributed by atoms with Gasteiger partial charge in [-0.05, 0) is 37.1 Å². The van der Waals surface area contributed by atoms with E-state index in [1.165, 1.54) is 0 Å². The molecule has 7 heteroatoms. The Labute approximate surface area is 141 Å². The molecule has 1 aromatic carbocycles. The highest BCUT2D eigenvalue weighted by Gasteiger charge is 2.21. The van der Waals surface area contributed by atoms with Gasteiger partial charge in [-0.25, -0.2) is 4.79 Å². The standard InChI is InChI=1S/C17H23N3O4/c21-15(22)5-3-1-2-4-10-18-16(23)13-6-8-14(9-7-13)20-12-11-19-17(20)24/h6-9H,1-5,10-12H2,(H,18,23)(H,19,24)(H,21,22). The lowest BCUT2D eigenvalue weighted by atomic mass is 10.1. The second-order valence-corrected chi connectivity index (χ2v) is 5.74. The largest absolute Gasteiger partial charge is 0.481 e. The zero-order chi connectivity index (χ0) is 17.4. The second kappa shape index (κ2) is 8.90. The number of urea groups is 1. The van der Waals surface area contributed by atoms with Crippen molar-refractivity contribution >= 4 is 23.6 Å². The van der Waals surface area contributed by atoms with Gasteiger partial charge in [-0.2, -0.15) is 0 Å². The van der Waals surface area contributed by atoms with Crippen molar-refractivity contribution < 1.29 is 19.5 Å². The number of amides is 3. The van der Waals surface area contributed by atoms with Gasteiger partial charge in [-0.1, -0.05) is 12.8 Å². The predicted octanol–water partition coefficient (Wildman–Crippen LogP) is 1.98. The van der Waals surface area contributed by atoms with Crippen molar-refractivity contribution in [2.45, 2.75) is 32.1 Å². The van der Waals surface area contributed by atoms with E-state index in [1.54, 1.807) is 29.2 Å². The molecule has 1 aliphatic heterocycles. The van der Waals surface area contributed by atoms with E-state index in [9.17, 15) is 14.4 Å². The first-order chi connectivity index (χ1) is 11.6. The summed E-state index contributed by atoms with van der Waals surface area (Å²) < 4.78 is 0. The van der Waals surface area contributed by atoms with Crippen LogP contribution in [0.1, 0.15) is 42.5 Å². The second-order valence-electron chi connectivity index (χ2n) is 5.74. The molecule has 0 unspecified atom stereocenters. The summed E-state index contributed by atoms with van der Waals surface area (Å²) in [6.45, 7) is 1.84. The fourth-order valence-corrected chi connectivity index (χ4v) is 2.57. The number of aliphatic carboxylic acids is 1. The van der Waals surface area contributed by atoms with Crippen LogP contribution in [0.3, 0.4) is 0 Å². The Balaban J connectivity index is 1.69. The molecular formula is C17H23N3O4. The van der Waals surface area contributed by atoms with Crippen LogP contribution in [0.4, 0.5) is 10.5 Å². The highest BCUT2D eigenvalue weighted by atomic mass is 16.4. The number of nitrogens with one attached hydrogen (secondary N) is 2. The van der Waals surface area contributed by atoms with Crippen molar-refractivity contribution in [3.8, 4) is 0 Å². The van der Waals surface area contributed by atoms with Gasteiger partial charge in [0, 0.05) is 37.3 Å². The number of unbranched alkanes of at least 4 members (excludes halogenated alkanes) is 3. The van der Waals surface area contributed by atoms with Gasteiger partial charge in [0.2, 0.25) is 0 Å². The Morgan fingerprint density at radius 2 is 1.83 bits per heavy atom. The number of carboxylic acids is 1. The van der Waals surface area contributed by atoms with E-state index in [4.69, 9.17) is 5.11 Å². The SMILES string of the molecule is O=C(O)CCCCCCNC(=O)c1ccc(N2CCNC2=O)cc1. The van der Waals surface area contributed by atoms with E-state index in [0.717, 1.165) is 24.9 Å². The Morgan fingerprint density at radius 3 is 2.46 bits per heavy atom. The van der Waals surface area contributed by atoms with Crippen LogP contribution in [-0.2, 0) is 4.79 Å². The molecule has 0 spiro atoms. The molecule has 0 bridgehead atoms. The summed E-state index contributed by atoms with van der Waals surface area (Å²) in [6, 6.07) is 6.85. The Morgan fingerprint density at radius 1 is 1.12 bits per heavy atom. The van der Waals surface area contributed by atoms with Gasteiger partial charge in [0.25, 0.3) is 5.91 Å². The number of carboxylic acid groups (broad SMARTS) is 1. The molecule has 0 aliphatic carbocycles. The molecule has 1 aliphatic rings. The fourth-order valence-electron chi connectivity index (χ4n) is 2.57. The third kappa shape index (κ3) is 5.26. The molecule has 3 N–H and O–H groups in total. The maximum Gasteiger partial charge on any atom is 0.321 e. The molecule has 1 fully saturated rings. The van der Waals surface area contributed by atoms with Crippen molar-refractivity contribution in [1.82, 2.24) is 10.6 Å². The lowest BCUT2D eigenvalue weighted by molar-refractivity contribution is -0.137. The summed E-state index contributed by atoms with van der Waals surface area (Å²) >= 11 is 0. The van der Waals surface area contributed by atoms with Crippen LogP contribution in [0.2, 0.25) is 0 Å². The predicted molar refractivity (Wildman–Crippen MR) is 90.2 cm³/mol. The lowest BCUT2D eigenvalue weighted by Gasteiger charge is -2.14.